The van der Waals surface area contributed by atoms with Crippen LogP contribution in [0, 0.1) is 5.41 Å². The van der Waals surface area contributed by atoms with Gasteiger partial charge < -0.3 is 15.4 Å². The number of nitrogens with one attached hydrogen (secondary N) is 2. The van der Waals surface area contributed by atoms with Gasteiger partial charge in [0.1, 0.15) is 0 Å². The second-order valence-corrected chi connectivity index (χ2v) is 6.38. The molecule has 0 aromatic heterocycles. The molecule has 0 aliphatic rings. The first-order chi connectivity index (χ1) is 10.1. The molecule has 0 aromatic rings. The van der Waals surface area contributed by atoms with Crippen molar-refractivity contribution in [3.63, 3.8) is 0 Å². The van der Waals surface area contributed by atoms with E-state index in [0.29, 0.717) is 5.41 Å². The summed E-state index contributed by atoms with van der Waals surface area (Å²) in [6.45, 7) is 12.5. The zero-order valence-electron chi connectivity index (χ0n) is 15.3. The lowest BCUT2D eigenvalue weighted by Gasteiger charge is -2.26. The number of ether oxygens (including phenoxy) is 1. The van der Waals surface area contributed by atoms with Gasteiger partial charge in [0, 0.05) is 33.4 Å². The predicted molar refractivity (Wildman–Crippen MR) is 108 cm³/mol. The first-order valence-electron chi connectivity index (χ1n) is 8.58. The van der Waals surface area contributed by atoms with Crippen LogP contribution in [-0.2, 0) is 4.74 Å². The predicted octanol–water partition coefficient (Wildman–Crippen LogP) is 4.19. The van der Waals surface area contributed by atoms with E-state index in [1.807, 2.05) is 14.0 Å². The van der Waals surface area contributed by atoms with Gasteiger partial charge in [0.15, 0.2) is 5.96 Å². The van der Waals surface area contributed by atoms with Crippen molar-refractivity contribution >= 4 is 29.9 Å². The summed E-state index contributed by atoms with van der Waals surface area (Å²) in [6.07, 6.45) is 7.40. The van der Waals surface area contributed by atoms with Crippen LogP contribution in [0.25, 0.3) is 0 Å². The van der Waals surface area contributed by atoms with Crippen LogP contribution in [-0.4, -0.2) is 39.3 Å². The number of halogens is 1. The largest absolute Gasteiger partial charge is 0.382 e. The molecule has 0 fully saturated rings. The molecule has 0 aliphatic heterocycles. The highest BCUT2D eigenvalue weighted by Crippen LogP contribution is 2.22. The molecule has 0 aromatic carbocycles. The van der Waals surface area contributed by atoms with Gasteiger partial charge in [-0.1, -0.05) is 40.0 Å². The van der Waals surface area contributed by atoms with Gasteiger partial charge in [-0.15, -0.1) is 24.0 Å². The SMILES string of the molecule is CCCCCC(C)(C)CNC(=NC)NCCCCOCC.I. The molecule has 134 valence electrons. The summed E-state index contributed by atoms with van der Waals surface area (Å²) in [4.78, 5) is 4.28. The summed E-state index contributed by atoms with van der Waals surface area (Å²) in [5.41, 5.74) is 0.321. The van der Waals surface area contributed by atoms with Crippen molar-refractivity contribution in [2.75, 3.05) is 33.4 Å². The zero-order chi connectivity index (χ0) is 16.0. The first kappa shape index (κ1) is 24.2. The quantitative estimate of drug-likeness (QED) is 0.213. The third kappa shape index (κ3) is 14.9. The Bertz CT molecular complexity index is 271. The average Bonchev–Trinajstić information content (AvgIpc) is 2.46. The highest BCUT2D eigenvalue weighted by Gasteiger charge is 2.17. The van der Waals surface area contributed by atoms with Crippen molar-refractivity contribution in [2.24, 2.45) is 10.4 Å². The van der Waals surface area contributed by atoms with Crippen molar-refractivity contribution in [3.8, 4) is 0 Å². The molecule has 5 heteroatoms. The molecule has 0 bridgehead atoms. The smallest absolute Gasteiger partial charge is 0.190 e. The molecule has 0 atom stereocenters. The molecule has 0 saturated carbocycles. The fourth-order valence-electron chi connectivity index (χ4n) is 2.17. The fourth-order valence-corrected chi connectivity index (χ4v) is 2.17. The molecule has 22 heavy (non-hydrogen) atoms. The summed E-state index contributed by atoms with van der Waals surface area (Å²) in [7, 11) is 1.83. The van der Waals surface area contributed by atoms with Crippen molar-refractivity contribution in [3.05, 3.63) is 0 Å². The minimum absolute atomic E-state index is 0. The van der Waals surface area contributed by atoms with E-state index in [1.54, 1.807) is 0 Å². The Morgan fingerprint density at radius 3 is 2.36 bits per heavy atom. The van der Waals surface area contributed by atoms with Crippen LogP contribution >= 0.6 is 24.0 Å². The number of hydrogen-bond acceptors (Lipinski definition) is 2. The standard InChI is InChI=1S/C17H37N3O.HI/c1-6-8-9-12-17(3,4)15-20-16(18-5)19-13-10-11-14-21-7-2;/h6-15H2,1-5H3,(H2,18,19,20);1H. The summed E-state index contributed by atoms with van der Waals surface area (Å²) in [5, 5.41) is 6.82. The number of hydrogen-bond donors (Lipinski definition) is 2. The Balaban J connectivity index is 0. The van der Waals surface area contributed by atoms with Gasteiger partial charge in [0.05, 0.1) is 0 Å². The van der Waals surface area contributed by atoms with E-state index < -0.39 is 0 Å². The van der Waals surface area contributed by atoms with Crippen LogP contribution in [0.1, 0.15) is 66.2 Å². The van der Waals surface area contributed by atoms with Gasteiger partial charge >= 0.3 is 0 Å². The van der Waals surface area contributed by atoms with Crippen LogP contribution in [0.5, 0.6) is 0 Å². The van der Waals surface area contributed by atoms with Gasteiger partial charge in [0.25, 0.3) is 0 Å². The summed E-state index contributed by atoms with van der Waals surface area (Å²) < 4.78 is 5.33. The summed E-state index contributed by atoms with van der Waals surface area (Å²) in [6, 6.07) is 0. The summed E-state index contributed by atoms with van der Waals surface area (Å²) in [5.74, 6) is 0.912. The first-order valence-corrected chi connectivity index (χ1v) is 8.58. The van der Waals surface area contributed by atoms with E-state index in [9.17, 15) is 0 Å². The Hall–Kier alpha value is -0.0400. The normalized spacial score (nSPS) is 12.0. The second-order valence-electron chi connectivity index (χ2n) is 6.38. The van der Waals surface area contributed by atoms with Gasteiger partial charge in [0.2, 0.25) is 0 Å². The number of aliphatic imine (C=N–C) groups is 1. The molecular weight excluding hydrogens is 389 g/mol. The monoisotopic (exact) mass is 427 g/mol. The number of rotatable bonds is 12. The molecule has 0 unspecified atom stereocenters. The van der Waals surface area contributed by atoms with Gasteiger partial charge in [-0.2, -0.15) is 0 Å². The van der Waals surface area contributed by atoms with E-state index in [0.717, 1.165) is 45.1 Å². The lowest BCUT2D eigenvalue weighted by atomic mass is 9.87. The molecule has 0 amide bonds. The van der Waals surface area contributed by atoms with Crippen LogP contribution in [0.3, 0.4) is 0 Å². The number of unbranched alkanes of at least 4 members (excludes halogenated alkanes) is 3. The maximum atomic E-state index is 5.33. The minimum atomic E-state index is 0. The number of guanidine groups is 1. The second kappa shape index (κ2) is 15.8. The van der Waals surface area contributed by atoms with Crippen molar-refractivity contribution < 1.29 is 4.74 Å². The third-order valence-corrected chi connectivity index (χ3v) is 3.63. The van der Waals surface area contributed by atoms with E-state index in [-0.39, 0.29) is 24.0 Å². The highest BCUT2D eigenvalue weighted by atomic mass is 127. The van der Waals surface area contributed by atoms with Crippen molar-refractivity contribution in [2.45, 2.75) is 66.2 Å². The molecule has 0 rings (SSSR count). The van der Waals surface area contributed by atoms with Gasteiger partial charge in [-0.3, -0.25) is 4.99 Å². The fraction of sp³-hybridized carbons (Fsp3) is 0.941. The van der Waals surface area contributed by atoms with Gasteiger partial charge in [-0.25, -0.2) is 0 Å². The van der Waals surface area contributed by atoms with Crippen molar-refractivity contribution in [1.82, 2.24) is 10.6 Å². The number of nitrogens with zero attached hydrogens (tertiary/aromatic N) is 1. The molecule has 0 saturated heterocycles. The van der Waals surface area contributed by atoms with Gasteiger partial charge in [-0.05, 0) is 31.6 Å². The Labute approximate surface area is 155 Å². The maximum Gasteiger partial charge on any atom is 0.190 e. The van der Waals surface area contributed by atoms with Crippen LogP contribution in [0.4, 0.5) is 0 Å². The zero-order valence-corrected chi connectivity index (χ0v) is 17.7. The molecule has 0 heterocycles. The van der Waals surface area contributed by atoms with Crippen LogP contribution in [0.15, 0.2) is 4.99 Å². The van der Waals surface area contributed by atoms with Crippen LogP contribution < -0.4 is 10.6 Å². The average molecular weight is 427 g/mol. The molecular formula is C17H38IN3O. The molecule has 0 radical (unpaired) electrons. The molecule has 0 aliphatic carbocycles. The molecule has 4 nitrogen and oxygen atoms in total. The highest BCUT2D eigenvalue weighted by molar-refractivity contribution is 14.0. The lowest BCUT2D eigenvalue weighted by molar-refractivity contribution is 0.143. The van der Waals surface area contributed by atoms with Crippen molar-refractivity contribution in [1.29, 1.82) is 0 Å². The van der Waals surface area contributed by atoms with E-state index >= 15 is 0 Å². The third-order valence-electron chi connectivity index (χ3n) is 3.63. The minimum Gasteiger partial charge on any atom is -0.382 e. The Kier molecular flexibility index (Phi) is 17.4. The Morgan fingerprint density at radius 2 is 1.77 bits per heavy atom. The molecule has 2 N–H and O–H groups in total. The van der Waals surface area contributed by atoms with E-state index in [2.05, 4.69) is 36.4 Å². The summed E-state index contributed by atoms with van der Waals surface area (Å²) >= 11 is 0. The topological polar surface area (TPSA) is 45.7 Å². The van der Waals surface area contributed by atoms with E-state index in [4.69, 9.17) is 4.74 Å². The lowest BCUT2D eigenvalue weighted by Crippen LogP contribution is -2.42. The molecule has 0 spiro atoms. The maximum absolute atomic E-state index is 5.33. The van der Waals surface area contributed by atoms with E-state index in [1.165, 1.54) is 25.7 Å². The Morgan fingerprint density at radius 1 is 1.05 bits per heavy atom. The van der Waals surface area contributed by atoms with Crippen LogP contribution in [0.2, 0.25) is 0 Å².